The number of hydrogen-bond acceptors (Lipinski definition) is 4. The Labute approximate surface area is 126 Å². The quantitative estimate of drug-likeness (QED) is 0.828. The van der Waals surface area contributed by atoms with Gasteiger partial charge in [-0.3, -0.25) is 14.4 Å². The van der Waals surface area contributed by atoms with Gasteiger partial charge in [-0.15, -0.1) is 0 Å². The molecule has 2 rings (SSSR count). The van der Waals surface area contributed by atoms with Crippen molar-refractivity contribution >= 4 is 11.7 Å². The molecule has 0 aromatic carbocycles. The summed E-state index contributed by atoms with van der Waals surface area (Å²) < 4.78 is 1.95. The predicted molar refractivity (Wildman–Crippen MR) is 83.8 cm³/mol. The molecule has 1 fully saturated rings. The molecule has 0 spiro atoms. The van der Waals surface area contributed by atoms with Crippen LogP contribution < -0.4 is 11.1 Å². The normalized spacial score (nSPS) is 17.3. The summed E-state index contributed by atoms with van der Waals surface area (Å²) in [5.74, 6) is 1.34. The Bertz CT molecular complexity index is 449. The van der Waals surface area contributed by atoms with Crippen LogP contribution in [0.2, 0.25) is 0 Å². The number of nitrogens with one attached hydrogen (secondary N) is 1. The Morgan fingerprint density at radius 2 is 2.19 bits per heavy atom. The van der Waals surface area contributed by atoms with Gasteiger partial charge in [0.1, 0.15) is 5.82 Å². The predicted octanol–water partition coefficient (Wildman–Crippen LogP) is 1.26. The average Bonchev–Trinajstić information content (AvgIpc) is 2.86. The van der Waals surface area contributed by atoms with Crippen molar-refractivity contribution < 1.29 is 4.79 Å². The van der Waals surface area contributed by atoms with E-state index in [1.165, 1.54) is 0 Å². The fraction of sp³-hybridized carbons (Fsp3) is 0.733. The van der Waals surface area contributed by atoms with E-state index in [4.69, 9.17) is 5.73 Å². The lowest BCUT2D eigenvalue weighted by atomic mass is 10.1. The molecule has 0 aliphatic carbocycles. The van der Waals surface area contributed by atoms with Crippen LogP contribution in [0.1, 0.15) is 39.2 Å². The summed E-state index contributed by atoms with van der Waals surface area (Å²) >= 11 is 0. The summed E-state index contributed by atoms with van der Waals surface area (Å²) in [4.78, 5) is 14.1. The third-order valence-corrected chi connectivity index (χ3v) is 3.97. The zero-order valence-corrected chi connectivity index (χ0v) is 13.1. The monoisotopic (exact) mass is 293 g/mol. The second-order valence-corrected chi connectivity index (χ2v) is 6.26. The maximum atomic E-state index is 11.9. The van der Waals surface area contributed by atoms with Crippen LogP contribution in [0.25, 0.3) is 0 Å². The fourth-order valence-electron chi connectivity index (χ4n) is 2.66. The number of piperidine rings is 1. The van der Waals surface area contributed by atoms with E-state index in [2.05, 4.69) is 29.2 Å². The highest BCUT2D eigenvalue weighted by Crippen LogP contribution is 2.21. The van der Waals surface area contributed by atoms with Crippen molar-refractivity contribution in [2.75, 3.05) is 31.9 Å². The molecule has 6 heteroatoms. The first-order valence-electron chi connectivity index (χ1n) is 7.84. The van der Waals surface area contributed by atoms with E-state index in [-0.39, 0.29) is 5.91 Å². The van der Waals surface area contributed by atoms with Crippen molar-refractivity contribution in [3.05, 3.63) is 12.3 Å². The topological polar surface area (TPSA) is 76.2 Å². The summed E-state index contributed by atoms with van der Waals surface area (Å²) in [5, 5.41) is 7.27. The molecule has 118 valence electrons. The number of hydrogen-bond donors (Lipinski definition) is 2. The number of amides is 1. The SMILES string of the molecule is CC(C)CCNC(=O)CN1CCC(n2ccc(N)n2)CC1. The smallest absolute Gasteiger partial charge is 0.234 e. The molecule has 2 heterocycles. The van der Waals surface area contributed by atoms with Gasteiger partial charge in [-0.2, -0.15) is 5.10 Å². The van der Waals surface area contributed by atoms with Gasteiger partial charge in [0.15, 0.2) is 0 Å². The Morgan fingerprint density at radius 3 is 2.76 bits per heavy atom. The third-order valence-electron chi connectivity index (χ3n) is 3.97. The molecule has 0 radical (unpaired) electrons. The standard InChI is InChI=1S/C15H27N5O/c1-12(2)3-7-17-15(21)11-19-8-4-13(5-9-19)20-10-6-14(16)18-20/h6,10,12-13H,3-5,7-9,11H2,1-2H3,(H2,16,18)(H,17,21). The lowest BCUT2D eigenvalue weighted by molar-refractivity contribution is -0.122. The van der Waals surface area contributed by atoms with E-state index < -0.39 is 0 Å². The van der Waals surface area contributed by atoms with Crippen LogP contribution in [0.5, 0.6) is 0 Å². The van der Waals surface area contributed by atoms with Crippen molar-refractivity contribution in [3.63, 3.8) is 0 Å². The van der Waals surface area contributed by atoms with Gasteiger partial charge >= 0.3 is 0 Å². The van der Waals surface area contributed by atoms with E-state index in [0.717, 1.165) is 38.9 Å². The van der Waals surface area contributed by atoms with Crippen LogP contribution >= 0.6 is 0 Å². The van der Waals surface area contributed by atoms with Gasteiger partial charge < -0.3 is 11.1 Å². The van der Waals surface area contributed by atoms with Crippen molar-refractivity contribution in [2.24, 2.45) is 5.92 Å². The Hall–Kier alpha value is -1.56. The Kier molecular flexibility index (Phi) is 5.61. The van der Waals surface area contributed by atoms with E-state index in [1.54, 1.807) is 0 Å². The minimum absolute atomic E-state index is 0.137. The molecular formula is C15H27N5O. The number of nitrogens with two attached hydrogens (primary N) is 1. The van der Waals surface area contributed by atoms with Gasteiger partial charge in [-0.1, -0.05) is 13.8 Å². The minimum Gasteiger partial charge on any atom is -0.382 e. The first-order chi connectivity index (χ1) is 10.0. The third kappa shape index (κ3) is 5.04. The average molecular weight is 293 g/mol. The maximum absolute atomic E-state index is 11.9. The summed E-state index contributed by atoms with van der Waals surface area (Å²) in [6, 6.07) is 2.23. The molecule has 1 aromatic heterocycles. The first kappa shape index (κ1) is 15.8. The molecule has 21 heavy (non-hydrogen) atoms. The lowest BCUT2D eigenvalue weighted by Gasteiger charge is -2.31. The van der Waals surface area contributed by atoms with Crippen LogP contribution in [-0.4, -0.2) is 46.8 Å². The highest BCUT2D eigenvalue weighted by molar-refractivity contribution is 5.77. The number of nitrogen functional groups attached to an aromatic ring is 1. The Balaban J connectivity index is 1.68. The zero-order valence-electron chi connectivity index (χ0n) is 13.1. The Morgan fingerprint density at radius 1 is 1.48 bits per heavy atom. The highest BCUT2D eigenvalue weighted by Gasteiger charge is 2.22. The first-order valence-corrected chi connectivity index (χ1v) is 7.84. The highest BCUT2D eigenvalue weighted by atomic mass is 16.2. The van der Waals surface area contributed by atoms with Crippen LogP contribution in [-0.2, 0) is 4.79 Å². The van der Waals surface area contributed by atoms with Gasteiger partial charge in [0, 0.05) is 25.8 Å². The number of likely N-dealkylation sites (tertiary alicyclic amines) is 1. The van der Waals surface area contributed by atoms with Gasteiger partial charge in [0.25, 0.3) is 0 Å². The summed E-state index contributed by atoms with van der Waals surface area (Å²) in [6.45, 7) is 7.48. The zero-order chi connectivity index (χ0) is 15.2. The van der Waals surface area contributed by atoms with E-state index >= 15 is 0 Å². The number of carbonyl (C=O) groups is 1. The van der Waals surface area contributed by atoms with Gasteiger partial charge in [0.05, 0.1) is 12.6 Å². The van der Waals surface area contributed by atoms with Gasteiger partial charge in [0.2, 0.25) is 5.91 Å². The maximum Gasteiger partial charge on any atom is 0.234 e. The largest absolute Gasteiger partial charge is 0.382 e. The van der Waals surface area contributed by atoms with E-state index in [1.807, 2.05) is 16.9 Å². The molecule has 1 aliphatic rings. The number of carbonyl (C=O) groups excluding carboxylic acids is 1. The van der Waals surface area contributed by atoms with Gasteiger partial charge in [-0.05, 0) is 31.2 Å². The van der Waals surface area contributed by atoms with Crippen LogP contribution in [0, 0.1) is 5.92 Å². The molecule has 0 unspecified atom stereocenters. The summed E-state index contributed by atoms with van der Waals surface area (Å²) in [5.41, 5.74) is 5.65. The summed E-state index contributed by atoms with van der Waals surface area (Å²) in [6.07, 6.45) is 5.00. The van der Waals surface area contributed by atoms with Crippen LogP contribution in [0.4, 0.5) is 5.82 Å². The number of aromatic nitrogens is 2. The fourth-order valence-corrected chi connectivity index (χ4v) is 2.66. The second-order valence-electron chi connectivity index (χ2n) is 6.26. The number of anilines is 1. The molecule has 0 atom stereocenters. The molecule has 1 amide bonds. The van der Waals surface area contributed by atoms with Crippen LogP contribution in [0.15, 0.2) is 12.3 Å². The van der Waals surface area contributed by atoms with E-state index in [9.17, 15) is 4.79 Å². The summed E-state index contributed by atoms with van der Waals surface area (Å²) in [7, 11) is 0. The van der Waals surface area contributed by atoms with Crippen LogP contribution in [0.3, 0.4) is 0 Å². The molecular weight excluding hydrogens is 266 g/mol. The number of rotatable bonds is 6. The molecule has 0 bridgehead atoms. The second kappa shape index (κ2) is 7.45. The molecule has 6 nitrogen and oxygen atoms in total. The van der Waals surface area contributed by atoms with Crippen molar-refractivity contribution in [3.8, 4) is 0 Å². The molecule has 0 saturated carbocycles. The van der Waals surface area contributed by atoms with E-state index in [0.29, 0.717) is 24.3 Å². The van der Waals surface area contributed by atoms with Crippen molar-refractivity contribution in [1.82, 2.24) is 20.0 Å². The lowest BCUT2D eigenvalue weighted by Crippen LogP contribution is -2.42. The molecule has 1 saturated heterocycles. The molecule has 1 aliphatic heterocycles. The molecule has 1 aromatic rings. The van der Waals surface area contributed by atoms with Gasteiger partial charge in [-0.25, -0.2) is 0 Å². The molecule has 3 N–H and O–H groups in total. The minimum atomic E-state index is 0.137. The van der Waals surface area contributed by atoms with Crippen molar-refractivity contribution in [2.45, 2.75) is 39.2 Å². The number of nitrogens with zero attached hydrogens (tertiary/aromatic N) is 3. The van der Waals surface area contributed by atoms with Crippen molar-refractivity contribution in [1.29, 1.82) is 0 Å².